The topological polar surface area (TPSA) is 36.8 Å². The SMILES string of the molecule is c1ccc(C2=NC(c3cccc(-c4c(-c5ccc(-c6ccccc6)cc5)ccc5ccccc45)c3)N=C(c3ccccc3)N2)cc1. The number of nitrogens with one attached hydrogen (secondary N) is 1. The third-order valence-electron chi connectivity index (χ3n) is 8.54. The van der Waals surface area contributed by atoms with E-state index in [0.717, 1.165) is 33.9 Å². The molecule has 8 rings (SSSR count). The molecule has 0 atom stereocenters. The quantitative estimate of drug-likeness (QED) is 0.206. The minimum Gasteiger partial charge on any atom is -0.324 e. The van der Waals surface area contributed by atoms with Gasteiger partial charge < -0.3 is 5.32 Å². The van der Waals surface area contributed by atoms with Gasteiger partial charge in [-0.05, 0) is 55.8 Å². The summed E-state index contributed by atoms with van der Waals surface area (Å²) in [6, 6.07) is 61.8. The Morgan fingerprint density at radius 3 is 1.57 bits per heavy atom. The minimum atomic E-state index is -0.393. The van der Waals surface area contributed by atoms with Crippen LogP contribution in [0.25, 0.3) is 44.2 Å². The van der Waals surface area contributed by atoms with Crippen LogP contribution < -0.4 is 5.32 Å². The van der Waals surface area contributed by atoms with Crippen LogP contribution in [0.1, 0.15) is 22.9 Å². The van der Waals surface area contributed by atoms with E-state index in [1.54, 1.807) is 0 Å². The van der Waals surface area contributed by atoms with Crippen molar-refractivity contribution < 1.29 is 0 Å². The summed E-state index contributed by atoms with van der Waals surface area (Å²) in [5, 5.41) is 5.93. The predicted molar refractivity (Wildman–Crippen MR) is 192 cm³/mol. The van der Waals surface area contributed by atoms with Gasteiger partial charge in [0.05, 0.1) is 0 Å². The van der Waals surface area contributed by atoms with Crippen molar-refractivity contribution in [1.29, 1.82) is 0 Å². The van der Waals surface area contributed by atoms with Crippen molar-refractivity contribution in [3.63, 3.8) is 0 Å². The van der Waals surface area contributed by atoms with E-state index in [2.05, 4.69) is 145 Å². The molecule has 3 nitrogen and oxygen atoms in total. The molecule has 0 unspecified atom stereocenters. The van der Waals surface area contributed by atoms with E-state index >= 15 is 0 Å². The third kappa shape index (κ3) is 5.40. The van der Waals surface area contributed by atoms with Gasteiger partial charge in [-0.2, -0.15) is 0 Å². The van der Waals surface area contributed by atoms with Gasteiger partial charge in [-0.1, -0.05) is 170 Å². The van der Waals surface area contributed by atoms with Gasteiger partial charge in [-0.15, -0.1) is 0 Å². The lowest BCUT2D eigenvalue weighted by Gasteiger charge is -2.23. The summed E-state index contributed by atoms with van der Waals surface area (Å²) in [4.78, 5) is 10.3. The molecule has 218 valence electrons. The van der Waals surface area contributed by atoms with Gasteiger partial charge in [0.15, 0.2) is 6.17 Å². The van der Waals surface area contributed by atoms with Gasteiger partial charge in [0.25, 0.3) is 0 Å². The second-order valence-corrected chi connectivity index (χ2v) is 11.5. The first-order valence-electron chi connectivity index (χ1n) is 15.6. The molecule has 0 fully saturated rings. The maximum Gasteiger partial charge on any atom is 0.169 e. The molecular formula is C43H31N3. The fourth-order valence-corrected chi connectivity index (χ4v) is 6.24. The average Bonchev–Trinajstić information content (AvgIpc) is 3.15. The molecule has 0 spiro atoms. The van der Waals surface area contributed by atoms with Crippen LogP contribution >= 0.6 is 0 Å². The molecule has 0 radical (unpaired) electrons. The Kier molecular flexibility index (Phi) is 7.26. The van der Waals surface area contributed by atoms with Crippen LogP contribution in [0, 0.1) is 0 Å². The normalized spacial score (nSPS) is 13.1. The molecule has 1 aliphatic rings. The average molecular weight is 590 g/mol. The smallest absolute Gasteiger partial charge is 0.169 e. The highest BCUT2D eigenvalue weighted by Gasteiger charge is 2.21. The van der Waals surface area contributed by atoms with E-state index < -0.39 is 6.17 Å². The lowest BCUT2D eigenvalue weighted by Crippen LogP contribution is -2.35. The van der Waals surface area contributed by atoms with Gasteiger partial charge in [-0.25, -0.2) is 9.98 Å². The van der Waals surface area contributed by atoms with Crippen LogP contribution in [-0.4, -0.2) is 11.7 Å². The lowest BCUT2D eigenvalue weighted by molar-refractivity contribution is 0.756. The molecule has 0 bridgehead atoms. The number of aliphatic imine (C=N–C) groups is 2. The number of rotatable bonds is 6. The molecular weight excluding hydrogens is 558 g/mol. The van der Waals surface area contributed by atoms with Crippen molar-refractivity contribution in [1.82, 2.24) is 5.32 Å². The number of fused-ring (bicyclic) bond motifs is 1. The van der Waals surface area contributed by atoms with Crippen LogP contribution in [0.2, 0.25) is 0 Å². The third-order valence-corrected chi connectivity index (χ3v) is 8.54. The van der Waals surface area contributed by atoms with Crippen molar-refractivity contribution in [3.8, 4) is 33.4 Å². The predicted octanol–water partition coefficient (Wildman–Crippen LogP) is 10.3. The van der Waals surface area contributed by atoms with E-state index in [-0.39, 0.29) is 0 Å². The van der Waals surface area contributed by atoms with Crippen LogP contribution in [0.4, 0.5) is 0 Å². The monoisotopic (exact) mass is 589 g/mol. The first kappa shape index (κ1) is 27.5. The zero-order valence-corrected chi connectivity index (χ0v) is 25.2. The van der Waals surface area contributed by atoms with Gasteiger partial charge in [0.2, 0.25) is 0 Å². The Hall–Kier alpha value is -6.06. The van der Waals surface area contributed by atoms with Crippen LogP contribution in [-0.2, 0) is 0 Å². The molecule has 0 saturated heterocycles. The molecule has 1 aliphatic heterocycles. The fraction of sp³-hybridized carbons (Fsp3) is 0.0233. The molecule has 1 N–H and O–H groups in total. The Balaban J connectivity index is 1.25. The molecule has 1 heterocycles. The second-order valence-electron chi connectivity index (χ2n) is 11.5. The van der Waals surface area contributed by atoms with E-state index in [1.807, 2.05) is 36.4 Å². The van der Waals surface area contributed by atoms with Crippen molar-refractivity contribution in [3.05, 3.63) is 193 Å². The molecule has 0 aromatic heterocycles. The number of hydrogen-bond donors (Lipinski definition) is 1. The van der Waals surface area contributed by atoms with Crippen LogP contribution in [0.3, 0.4) is 0 Å². The van der Waals surface area contributed by atoms with Crippen LogP contribution in [0.5, 0.6) is 0 Å². The summed E-state index contributed by atoms with van der Waals surface area (Å²) in [6.07, 6.45) is -0.393. The summed E-state index contributed by atoms with van der Waals surface area (Å²) < 4.78 is 0. The maximum absolute atomic E-state index is 5.13. The molecule has 46 heavy (non-hydrogen) atoms. The highest BCUT2D eigenvalue weighted by Crippen LogP contribution is 2.40. The molecule has 0 aliphatic carbocycles. The molecule has 7 aromatic carbocycles. The highest BCUT2D eigenvalue weighted by molar-refractivity contribution is 6.16. The number of hydrogen-bond acceptors (Lipinski definition) is 3. The van der Waals surface area contributed by atoms with E-state index in [0.29, 0.717) is 0 Å². The van der Waals surface area contributed by atoms with Crippen molar-refractivity contribution >= 4 is 22.4 Å². The summed E-state index contributed by atoms with van der Waals surface area (Å²) in [6.45, 7) is 0. The number of nitrogens with zero attached hydrogens (tertiary/aromatic N) is 2. The van der Waals surface area contributed by atoms with Crippen LogP contribution in [0.15, 0.2) is 186 Å². The maximum atomic E-state index is 5.13. The summed E-state index contributed by atoms with van der Waals surface area (Å²) >= 11 is 0. The Morgan fingerprint density at radius 1 is 0.391 bits per heavy atom. The molecule has 0 amide bonds. The zero-order valence-electron chi connectivity index (χ0n) is 25.2. The molecule has 3 heteroatoms. The zero-order chi connectivity index (χ0) is 30.7. The molecule has 7 aromatic rings. The largest absolute Gasteiger partial charge is 0.324 e. The van der Waals surface area contributed by atoms with Crippen molar-refractivity contribution in [2.75, 3.05) is 0 Å². The summed E-state index contributed by atoms with van der Waals surface area (Å²) in [5.74, 6) is 1.63. The summed E-state index contributed by atoms with van der Waals surface area (Å²) in [7, 11) is 0. The van der Waals surface area contributed by atoms with E-state index in [9.17, 15) is 0 Å². The van der Waals surface area contributed by atoms with Gasteiger partial charge in [-0.3, -0.25) is 0 Å². The first-order chi connectivity index (χ1) is 22.8. The van der Waals surface area contributed by atoms with Crippen molar-refractivity contribution in [2.45, 2.75) is 6.17 Å². The standard InChI is InChI=1S/C43H31N3/c1-4-13-30(14-5-1)31-23-25-33(26-24-31)39-28-27-32-15-10-11-22-38(32)40(39)36-20-12-21-37(29-36)43-45-41(34-16-6-2-7-17-34)44-42(46-43)35-18-8-3-9-19-35/h1-29,43H,(H,44,45,46). The highest BCUT2D eigenvalue weighted by atomic mass is 15.2. The second kappa shape index (κ2) is 12.1. The summed E-state index contributed by atoms with van der Waals surface area (Å²) in [5.41, 5.74) is 10.3. The Labute approximate surface area is 269 Å². The van der Waals surface area contributed by atoms with E-state index in [1.165, 1.54) is 38.6 Å². The van der Waals surface area contributed by atoms with Gasteiger partial charge in [0.1, 0.15) is 11.7 Å². The fourth-order valence-electron chi connectivity index (χ4n) is 6.24. The van der Waals surface area contributed by atoms with Gasteiger partial charge >= 0.3 is 0 Å². The Morgan fingerprint density at radius 2 is 0.913 bits per heavy atom. The minimum absolute atomic E-state index is 0.393. The molecule has 0 saturated carbocycles. The van der Waals surface area contributed by atoms with Gasteiger partial charge in [0, 0.05) is 11.1 Å². The number of amidine groups is 2. The first-order valence-corrected chi connectivity index (χ1v) is 15.6. The van der Waals surface area contributed by atoms with Crippen molar-refractivity contribution in [2.24, 2.45) is 9.98 Å². The van der Waals surface area contributed by atoms with E-state index in [4.69, 9.17) is 9.98 Å². The Bertz CT molecular complexity index is 2150. The lowest BCUT2D eigenvalue weighted by atomic mass is 9.88. The number of benzene rings is 7.